The molecule has 0 saturated carbocycles. The van der Waals surface area contributed by atoms with E-state index in [-0.39, 0.29) is 5.82 Å². The van der Waals surface area contributed by atoms with Crippen LogP contribution in [0.1, 0.15) is 11.1 Å². The van der Waals surface area contributed by atoms with Crippen LogP contribution in [0.5, 0.6) is 0 Å². The highest BCUT2D eigenvalue weighted by Gasteiger charge is 2.05. The van der Waals surface area contributed by atoms with Gasteiger partial charge in [0, 0.05) is 5.75 Å². The molecule has 0 unspecified atom stereocenters. The summed E-state index contributed by atoms with van der Waals surface area (Å²) in [5.41, 5.74) is 0.905. The van der Waals surface area contributed by atoms with Gasteiger partial charge in [0.25, 0.3) is 0 Å². The maximum atomic E-state index is 13.6. The van der Waals surface area contributed by atoms with E-state index in [1.165, 1.54) is 17.8 Å². The molecule has 0 saturated heterocycles. The Hall–Kier alpha value is -1.38. The normalized spacial score (nSPS) is 10.1. The fourth-order valence-electron chi connectivity index (χ4n) is 1.36. The molecule has 2 aromatic rings. The summed E-state index contributed by atoms with van der Waals surface area (Å²) >= 11 is 4.74. The van der Waals surface area contributed by atoms with Gasteiger partial charge in [0.05, 0.1) is 16.7 Å². The second kappa shape index (κ2) is 5.98. The Balaban J connectivity index is 2.09. The summed E-state index contributed by atoms with van der Waals surface area (Å²) in [5, 5.41) is 9.48. The van der Waals surface area contributed by atoms with Crippen molar-refractivity contribution in [2.45, 2.75) is 10.8 Å². The Morgan fingerprint density at radius 3 is 2.83 bits per heavy atom. The molecule has 90 valence electrons. The maximum Gasteiger partial charge on any atom is 0.128 e. The first-order chi connectivity index (χ1) is 8.69. The quantitative estimate of drug-likeness (QED) is 0.629. The summed E-state index contributed by atoms with van der Waals surface area (Å²) in [7, 11) is 0. The minimum absolute atomic E-state index is 0.335. The third-order valence-corrected chi connectivity index (χ3v) is 3.67. The first-order valence-corrected chi connectivity index (χ1v) is 6.91. The molecule has 5 heteroatoms. The number of hydrogen-bond donors (Lipinski definition) is 0. The Bertz CT molecular complexity index is 610. The summed E-state index contributed by atoms with van der Waals surface area (Å²) in [6, 6.07) is 12.0. The summed E-state index contributed by atoms with van der Waals surface area (Å²) in [6.45, 7) is 0. The zero-order valence-corrected chi connectivity index (χ0v) is 11.6. The van der Waals surface area contributed by atoms with E-state index >= 15 is 0 Å². The van der Waals surface area contributed by atoms with Crippen molar-refractivity contribution in [1.29, 1.82) is 5.26 Å². The van der Waals surface area contributed by atoms with Crippen molar-refractivity contribution in [3.63, 3.8) is 0 Å². The molecule has 0 fully saturated rings. The molecule has 1 aromatic heterocycles. The molecule has 0 spiro atoms. The van der Waals surface area contributed by atoms with Gasteiger partial charge in [-0.15, -0.1) is 11.8 Å². The van der Waals surface area contributed by atoms with Gasteiger partial charge in [-0.3, -0.25) is 0 Å². The predicted octanol–water partition coefficient (Wildman–Crippen LogP) is 4.15. The molecule has 2 nitrogen and oxygen atoms in total. The minimum atomic E-state index is -0.350. The van der Waals surface area contributed by atoms with Crippen LogP contribution in [0.2, 0.25) is 0 Å². The molecule has 2 rings (SSSR count). The summed E-state index contributed by atoms with van der Waals surface area (Å²) in [5.74, 6) is 0.137. The highest BCUT2D eigenvalue weighted by Crippen LogP contribution is 2.24. The lowest BCUT2D eigenvalue weighted by Gasteiger charge is -2.03. The van der Waals surface area contributed by atoms with Gasteiger partial charge in [0.1, 0.15) is 10.4 Å². The molecule has 1 aromatic carbocycles. The van der Waals surface area contributed by atoms with Crippen LogP contribution in [-0.4, -0.2) is 4.98 Å². The van der Waals surface area contributed by atoms with E-state index in [2.05, 4.69) is 20.9 Å². The number of halogens is 2. The van der Waals surface area contributed by atoms with Crippen LogP contribution < -0.4 is 0 Å². The Morgan fingerprint density at radius 2 is 2.17 bits per heavy atom. The third-order valence-electron chi connectivity index (χ3n) is 2.25. The van der Waals surface area contributed by atoms with E-state index in [0.29, 0.717) is 16.9 Å². The van der Waals surface area contributed by atoms with E-state index in [1.54, 1.807) is 12.1 Å². The molecule has 1 heterocycles. The van der Waals surface area contributed by atoms with Crippen molar-refractivity contribution in [3.05, 3.63) is 57.9 Å². The monoisotopic (exact) mass is 322 g/mol. The van der Waals surface area contributed by atoms with Crippen molar-refractivity contribution in [2.24, 2.45) is 0 Å². The van der Waals surface area contributed by atoms with Gasteiger partial charge in [0.15, 0.2) is 0 Å². The smallest absolute Gasteiger partial charge is 0.128 e. The number of hydrogen-bond acceptors (Lipinski definition) is 3. The first kappa shape index (κ1) is 13.1. The molecular formula is C13H8BrFN2S. The van der Waals surface area contributed by atoms with E-state index in [1.807, 2.05) is 24.3 Å². The zero-order valence-electron chi connectivity index (χ0n) is 9.23. The highest BCUT2D eigenvalue weighted by atomic mass is 79.9. The lowest BCUT2D eigenvalue weighted by atomic mass is 10.1. The lowest BCUT2D eigenvalue weighted by molar-refractivity contribution is 0.617. The van der Waals surface area contributed by atoms with Crippen LogP contribution in [0, 0.1) is 17.1 Å². The van der Waals surface area contributed by atoms with Crippen LogP contribution in [0.4, 0.5) is 4.39 Å². The van der Waals surface area contributed by atoms with Gasteiger partial charge in [-0.2, -0.15) is 5.26 Å². The maximum absolute atomic E-state index is 13.6. The van der Waals surface area contributed by atoms with Crippen LogP contribution >= 0.6 is 27.7 Å². The van der Waals surface area contributed by atoms with Crippen LogP contribution in [0.15, 0.2) is 46.0 Å². The van der Waals surface area contributed by atoms with Gasteiger partial charge < -0.3 is 0 Å². The number of nitriles is 1. The van der Waals surface area contributed by atoms with Gasteiger partial charge in [-0.05, 0) is 45.8 Å². The molecule has 0 aliphatic carbocycles. The van der Waals surface area contributed by atoms with Gasteiger partial charge in [-0.1, -0.05) is 12.1 Å². The summed E-state index contributed by atoms with van der Waals surface area (Å²) in [6.07, 6.45) is 0. The average molecular weight is 323 g/mol. The van der Waals surface area contributed by atoms with Crippen LogP contribution in [-0.2, 0) is 5.75 Å². The fourth-order valence-corrected chi connectivity index (χ4v) is 2.69. The van der Waals surface area contributed by atoms with E-state index in [4.69, 9.17) is 5.26 Å². The molecule has 18 heavy (non-hydrogen) atoms. The standard InChI is InChI=1S/C13H8BrFN2S/c14-12-2-1-3-13(17-12)18-8-10-5-4-9(7-16)6-11(10)15/h1-6H,8H2. The molecular weight excluding hydrogens is 315 g/mol. The highest BCUT2D eigenvalue weighted by molar-refractivity contribution is 9.10. The van der Waals surface area contributed by atoms with Crippen molar-refractivity contribution in [2.75, 3.05) is 0 Å². The largest absolute Gasteiger partial charge is 0.235 e. The second-order valence-corrected chi connectivity index (χ2v) is 5.31. The second-order valence-electron chi connectivity index (χ2n) is 3.51. The topological polar surface area (TPSA) is 36.7 Å². The van der Waals surface area contributed by atoms with Gasteiger partial charge in [0.2, 0.25) is 0 Å². The molecule has 0 amide bonds. The number of pyridine rings is 1. The Kier molecular flexibility index (Phi) is 4.34. The predicted molar refractivity (Wildman–Crippen MR) is 72.6 cm³/mol. The number of benzene rings is 1. The number of thioether (sulfide) groups is 1. The zero-order chi connectivity index (χ0) is 13.0. The number of nitrogens with zero attached hydrogens (tertiary/aromatic N) is 2. The van der Waals surface area contributed by atoms with Crippen molar-refractivity contribution in [3.8, 4) is 6.07 Å². The minimum Gasteiger partial charge on any atom is -0.235 e. The Labute approximate surface area is 117 Å². The number of aromatic nitrogens is 1. The van der Waals surface area contributed by atoms with Gasteiger partial charge >= 0.3 is 0 Å². The van der Waals surface area contributed by atoms with Crippen molar-refractivity contribution in [1.82, 2.24) is 4.98 Å². The fraction of sp³-hybridized carbons (Fsp3) is 0.0769. The first-order valence-electron chi connectivity index (χ1n) is 5.13. The van der Waals surface area contributed by atoms with E-state index < -0.39 is 0 Å². The molecule has 0 atom stereocenters. The SMILES string of the molecule is N#Cc1ccc(CSc2cccc(Br)n2)c(F)c1. The van der Waals surface area contributed by atoms with E-state index in [9.17, 15) is 4.39 Å². The van der Waals surface area contributed by atoms with Crippen molar-refractivity contribution < 1.29 is 4.39 Å². The molecule has 0 N–H and O–H groups in total. The third kappa shape index (κ3) is 3.31. The van der Waals surface area contributed by atoms with Gasteiger partial charge in [-0.25, -0.2) is 9.37 Å². The van der Waals surface area contributed by atoms with Crippen LogP contribution in [0.25, 0.3) is 0 Å². The number of rotatable bonds is 3. The molecule has 0 bridgehead atoms. The average Bonchev–Trinajstić information content (AvgIpc) is 2.37. The van der Waals surface area contributed by atoms with E-state index in [0.717, 1.165) is 9.63 Å². The van der Waals surface area contributed by atoms with Crippen molar-refractivity contribution >= 4 is 27.7 Å². The lowest BCUT2D eigenvalue weighted by Crippen LogP contribution is -1.90. The molecule has 0 radical (unpaired) electrons. The molecule has 0 aliphatic rings. The summed E-state index contributed by atoms with van der Waals surface area (Å²) < 4.78 is 14.4. The Morgan fingerprint density at radius 1 is 1.33 bits per heavy atom. The van der Waals surface area contributed by atoms with Crippen LogP contribution in [0.3, 0.4) is 0 Å². The summed E-state index contributed by atoms with van der Waals surface area (Å²) in [4.78, 5) is 4.26. The molecule has 0 aliphatic heterocycles.